The fourth-order valence-corrected chi connectivity index (χ4v) is 12.4. The van der Waals surface area contributed by atoms with Crippen molar-refractivity contribution in [1.29, 1.82) is 0 Å². The number of nitrogens with one attached hydrogen (secondary N) is 5. The molecule has 0 heterocycles. The third-order valence-corrected chi connectivity index (χ3v) is 20.1. The Morgan fingerprint density at radius 2 is 0.643 bits per heavy atom. The topological polar surface area (TPSA) is 389 Å². The molecule has 0 atom stereocenters. The number of anilines is 4. The van der Waals surface area contributed by atoms with E-state index in [0.29, 0.717) is 109 Å². The Kier molecular flexibility index (Phi) is 57.0. The molecule has 0 aliphatic rings. The van der Waals surface area contributed by atoms with Crippen LogP contribution >= 0.6 is 11.6 Å². The molecule has 9 aromatic rings. The second kappa shape index (κ2) is 63.7. The van der Waals surface area contributed by atoms with E-state index in [1.165, 1.54) is 93.9 Å². The van der Waals surface area contributed by atoms with Crippen LogP contribution in [0.5, 0.6) is 5.75 Å². The van der Waals surface area contributed by atoms with Gasteiger partial charge in [-0.3, -0.25) is 33.6 Å². The standard InChI is InChI=1S/C14H20O2.C13H19N3O2.C12H17N3O2.C12H16N2O3.C12H16O3.C11H13FO2.C11H15N3O2.C11H14O2.C10H11ClO2.CH4/c1-6-10-7-11(13(15)16-5)9-12(8-10)14(2,3)4;1-14-11-7-9(12(17)15(2)3)6-10(8-11)13(18)16(4)5;1-13-10-6-8(11(16)14-2)5-9(7-10)12(17)15(3)4;1-13-10-6-8(11(15)14(2)3)5-9(7-10)12(16)17-4;1-4-9-6-7-11(14-3)10(8-9)12(13)15-5-2;1-3-8-5-9(7-10(12)6-8)11(13)14-4-2;1-13-9-5-7(10(12)15)4-8(6-9)11(16)14(2)3;1-4-9-5-8(2)6-10(7-9)11(12)13-3;1-3-7-4-8(10(12)13-2)6-9(11)5-7;/h7-9H,6H2,1-5H3;6-8,14H,1-5H3;5-7,13H,1-4H3,(H,14,16);5-7,13H,1-4H3;6-8H,4-5H2,1-3H3;5-7H,3-4H2,1-2H3;4-6,13H,1-3H3,(H2,12,15);5-7H,4H2,1-3H3;4-6H,3H2,1-2H3;1H4. The summed E-state index contributed by atoms with van der Waals surface area (Å²) in [5.74, 6) is -3.45. The molecule has 140 heavy (non-hydrogen) atoms. The highest BCUT2D eigenvalue weighted by atomic mass is 35.5. The normalized spacial score (nSPS) is 9.86. The third-order valence-electron chi connectivity index (χ3n) is 19.8. The molecule has 7 N–H and O–H groups in total. The number of amides is 7. The number of halogens is 2. The first-order valence-corrected chi connectivity index (χ1v) is 44.9. The molecule has 0 saturated heterocycles. The zero-order valence-corrected chi connectivity index (χ0v) is 87.0. The van der Waals surface area contributed by atoms with Gasteiger partial charge in [0.1, 0.15) is 17.1 Å². The summed E-state index contributed by atoms with van der Waals surface area (Å²) in [6, 6.07) is 46.5. The molecule has 0 bridgehead atoms. The van der Waals surface area contributed by atoms with Gasteiger partial charge in [-0.05, 0) is 237 Å². The summed E-state index contributed by atoms with van der Waals surface area (Å²) in [4.78, 5) is 157. The number of nitrogens with two attached hydrogens (primary N) is 1. The zero-order valence-electron chi connectivity index (χ0n) is 86.3. The van der Waals surface area contributed by atoms with Crippen molar-refractivity contribution >= 4 is 112 Å². The molecule has 7 amide bonds. The summed E-state index contributed by atoms with van der Waals surface area (Å²) in [6.45, 7) is 22.7. The quantitative estimate of drug-likeness (QED) is 0.0229. The Labute approximate surface area is 831 Å². The Morgan fingerprint density at radius 1 is 0.343 bits per heavy atom. The molecule has 0 aliphatic carbocycles. The van der Waals surface area contributed by atoms with Gasteiger partial charge in [-0.1, -0.05) is 98.2 Å². The van der Waals surface area contributed by atoms with Gasteiger partial charge in [0.2, 0.25) is 5.91 Å². The molecule has 31 nitrogen and oxygen atoms in total. The highest BCUT2D eigenvalue weighted by Crippen LogP contribution is 2.28. The minimum atomic E-state index is -0.551. The lowest BCUT2D eigenvalue weighted by atomic mass is 9.85. The van der Waals surface area contributed by atoms with Crippen molar-refractivity contribution in [3.8, 4) is 5.75 Å². The maximum absolute atomic E-state index is 13.0. The molecule has 33 heteroatoms. The molecule has 0 radical (unpaired) electrons. The maximum Gasteiger partial charge on any atom is 0.341 e. The van der Waals surface area contributed by atoms with Gasteiger partial charge in [-0.25, -0.2) is 33.2 Å². The average Bonchev–Trinajstić information content (AvgIpc) is 0.818. The Bertz CT molecular complexity index is 5470. The van der Waals surface area contributed by atoms with E-state index < -0.39 is 23.7 Å². The second-order valence-corrected chi connectivity index (χ2v) is 32.9. The number of primary amides is 1. The van der Waals surface area contributed by atoms with E-state index >= 15 is 0 Å². The van der Waals surface area contributed by atoms with E-state index in [-0.39, 0.29) is 77.7 Å². The first kappa shape index (κ1) is 125. The summed E-state index contributed by atoms with van der Waals surface area (Å²) in [5, 5.41) is 14.8. The largest absolute Gasteiger partial charge is 0.496 e. The molecule has 0 unspecified atom stereocenters. The van der Waals surface area contributed by atoms with Gasteiger partial charge < -0.3 is 90.0 Å². The fraction of sp³-hybridized carbons (Fsp3) is 0.374. The van der Waals surface area contributed by atoms with Crippen molar-refractivity contribution in [1.82, 2.24) is 29.8 Å². The van der Waals surface area contributed by atoms with E-state index in [2.05, 4.69) is 87.5 Å². The minimum absolute atomic E-state index is 0. The number of nitrogens with zero attached hydrogens (tertiary/aromatic N) is 5. The molecule has 0 fully saturated rings. The van der Waals surface area contributed by atoms with Gasteiger partial charge in [0, 0.05) is 172 Å². The Morgan fingerprint density at radius 3 is 0.979 bits per heavy atom. The number of benzene rings is 9. The van der Waals surface area contributed by atoms with E-state index in [4.69, 9.17) is 36.3 Å². The number of hydrogen-bond donors (Lipinski definition) is 6. The second-order valence-electron chi connectivity index (χ2n) is 32.4. The van der Waals surface area contributed by atoms with Crippen LogP contribution < -0.4 is 37.1 Å². The monoisotopic (exact) mass is 1960 g/mol. The van der Waals surface area contributed by atoms with E-state index in [9.17, 15) is 66.7 Å². The van der Waals surface area contributed by atoms with Crippen LogP contribution in [0.15, 0.2) is 164 Å². The van der Waals surface area contributed by atoms with Gasteiger partial charge in [-0.2, -0.15) is 0 Å². The lowest BCUT2D eigenvalue weighted by Gasteiger charge is -2.20. The first-order valence-electron chi connectivity index (χ1n) is 44.5. The predicted molar refractivity (Wildman–Crippen MR) is 554 cm³/mol. The smallest absolute Gasteiger partial charge is 0.341 e. The lowest BCUT2D eigenvalue weighted by molar-refractivity contribution is 0.0514. The van der Waals surface area contributed by atoms with Crippen molar-refractivity contribution in [3.05, 3.63) is 286 Å². The van der Waals surface area contributed by atoms with Crippen LogP contribution in [0, 0.1) is 12.7 Å². The van der Waals surface area contributed by atoms with E-state index in [1.54, 1.807) is 212 Å². The van der Waals surface area contributed by atoms with Gasteiger partial charge in [0.25, 0.3) is 35.4 Å². The van der Waals surface area contributed by atoms with Crippen LogP contribution in [-0.2, 0) is 65.9 Å². The summed E-state index contributed by atoms with van der Waals surface area (Å²) in [5.41, 5.74) is 21.7. The number of methoxy groups -OCH3 is 5. The number of ether oxygens (including phenoxy) is 7. The molecule has 762 valence electrons. The summed E-state index contributed by atoms with van der Waals surface area (Å²) in [7, 11) is 32.2. The van der Waals surface area contributed by atoms with Crippen LogP contribution in [0.25, 0.3) is 0 Å². The molecule has 0 saturated carbocycles. The van der Waals surface area contributed by atoms with Gasteiger partial charge in [0.15, 0.2) is 0 Å². The van der Waals surface area contributed by atoms with E-state index in [1.807, 2.05) is 70.2 Å². The van der Waals surface area contributed by atoms with Crippen molar-refractivity contribution < 1.29 is 99.9 Å². The van der Waals surface area contributed by atoms with Gasteiger partial charge in [0.05, 0.1) is 76.6 Å². The molecular formula is C107H145ClFN11O20. The van der Waals surface area contributed by atoms with Crippen molar-refractivity contribution in [3.63, 3.8) is 0 Å². The highest BCUT2D eigenvalue weighted by molar-refractivity contribution is 6.31. The van der Waals surface area contributed by atoms with Crippen LogP contribution in [0.4, 0.5) is 27.1 Å². The number of aryl methyl sites for hydroxylation is 6. The summed E-state index contributed by atoms with van der Waals surface area (Å²) >= 11 is 5.82. The number of esters is 6. The number of hydrogen-bond acceptors (Lipinski definition) is 24. The first-order chi connectivity index (χ1) is 65.4. The SMILES string of the molecule is C.CCOC(=O)c1cc(CC)ccc1OC.CCOC(=O)c1cc(F)cc(CC)c1.CCc1cc(C(=O)OC)cc(C(C)(C)C)c1.CCc1cc(C)cc(C(=O)OC)c1.CCc1cc(Cl)cc(C(=O)OC)c1.CNC(=O)c1cc(NC)cc(C(=O)N(C)C)c1.CNc1cc(C(=O)N(C)C)cc(C(=O)N(C)C)c1.CNc1cc(C(=O)OC)cc(C(=O)N(C)C)c1.CNc1cc(C(N)=O)cc(C(=O)N(C)C)c1. The van der Waals surface area contributed by atoms with Crippen LogP contribution in [0.1, 0.15) is 250 Å². The number of carbonyl (C=O) groups is 13. The van der Waals surface area contributed by atoms with Gasteiger partial charge >= 0.3 is 35.8 Å². The number of carbonyl (C=O) groups excluding carboxylic acids is 13. The molecule has 9 aromatic carbocycles. The van der Waals surface area contributed by atoms with Crippen LogP contribution in [0.2, 0.25) is 5.02 Å². The minimum Gasteiger partial charge on any atom is -0.496 e. The summed E-state index contributed by atoms with van der Waals surface area (Å²) in [6.07, 6.45) is 4.30. The molecule has 0 spiro atoms. The van der Waals surface area contributed by atoms with Crippen molar-refractivity contribution in [2.45, 2.75) is 121 Å². The van der Waals surface area contributed by atoms with Crippen molar-refractivity contribution in [2.24, 2.45) is 5.73 Å². The van der Waals surface area contributed by atoms with Gasteiger partial charge in [-0.15, -0.1) is 0 Å². The average molecular weight is 1960 g/mol. The molecular weight excluding hydrogens is 1810 g/mol. The Hall–Kier alpha value is -14.7. The maximum atomic E-state index is 13.0. The fourth-order valence-electron chi connectivity index (χ4n) is 12.1. The number of rotatable bonds is 25. The van der Waals surface area contributed by atoms with Crippen LogP contribution in [0.3, 0.4) is 0 Å². The van der Waals surface area contributed by atoms with Crippen molar-refractivity contribution in [2.75, 3.05) is 176 Å². The molecule has 0 aromatic heterocycles. The highest BCUT2D eigenvalue weighted by Gasteiger charge is 2.23. The summed E-state index contributed by atoms with van der Waals surface area (Å²) < 4.78 is 46.5. The van der Waals surface area contributed by atoms with Crippen LogP contribution in [-0.4, -0.2) is 256 Å². The molecule has 0 aliphatic heterocycles. The van der Waals surface area contributed by atoms with E-state index in [0.717, 1.165) is 59.3 Å². The zero-order chi connectivity index (χ0) is 106. The predicted octanol–water partition coefficient (Wildman–Crippen LogP) is 17.7. The molecule has 9 rings (SSSR count). The lowest BCUT2D eigenvalue weighted by Crippen LogP contribution is -2.24. The Balaban J connectivity index is 0.00000155. The third kappa shape index (κ3) is 42.5.